The second-order valence-electron chi connectivity index (χ2n) is 7.43. The molecule has 0 bridgehead atoms. The molecule has 5 rings (SSSR count). The van der Waals surface area contributed by atoms with Gasteiger partial charge in [-0.3, -0.25) is 4.55 Å². The Kier molecular flexibility index (Phi) is 6.18. The van der Waals surface area contributed by atoms with E-state index in [-0.39, 0.29) is 33.8 Å². The highest BCUT2D eigenvalue weighted by molar-refractivity contribution is 7.86. The van der Waals surface area contributed by atoms with Crippen molar-refractivity contribution in [2.75, 3.05) is 7.11 Å². The van der Waals surface area contributed by atoms with Crippen molar-refractivity contribution in [1.82, 2.24) is 9.97 Å². The predicted octanol–water partition coefficient (Wildman–Crippen LogP) is 6.09. The number of aromatic amines is 1. The number of hydrogen-bond acceptors (Lipinski definition) is 5. The van der Waals surface area contributed by atoms with Gasteiger partial charge in [-0.05, 0) is 35.9 Å². The molecule has 174 valence electrons. The largest absolute Gasteiger partial charge is 0.507 e. The van der Waals surface area contributed by atoms with Crippen LogP contribution in [0.2, 0.25) is 5.02 Å². The molecule has 0 saturated heterocycles. The van der Waals surface area contributed by atoms with Crippen LogP contribution in [-0.2, 0) is 10.1 Å². The zero-order valence-electron chi connectivity index (χ0n) is 17.6. The van der Waals surface area contributed by atoms with Crippen molar-refractivity contribution in [3.05, 3.63) is 71.8 Å². The van der Waals surface area contributed by atoms with Crippen LogP contribution >= 0.6 is 24.0 Å². The summed E-state index contributed by atoms with van der Waals surface area (Å²) in [7, 11) is -3.00. The molecule has 4 aromatic carbocycles. The monoisotopic (exact) mass is 516 g/mol. The molecule has 3 N–H and O–H groups in total. The lowest BCUT2D eigenvalue weighted by molar-refractivity contribution is 0.418. The Balaban J connectivity index is 0.00000274. The second kappa shape index (κ2) is 8.81. The Hall–Kier alpha value is -3.30. The maximum Gasteiger partial charge on any atom is 0.295 e. The highest BCUT2D eigenvalue weighted by atomic mass is 35.5. The number of para-hydroxylation sites is 1. The molecule has 0 saturated carbocycles. The number of imidazole rings is 1. The molecule has 0 spiro atoms. The van der Waals surface area contributed by atoms with E-state index in [1.807, 2.05) is 36.4 Å². The average molecular weight is 517 g/mol. The van der Waals surface area contributed by atoms with Gasteiger partial charge in [-0.15, -0.1) is 12.4 Å². The molecule has 1 heterocycles. The fourth-order valence-corrected chi connectivity index (χ4v) is 4.96. The number of nitrogens with one attached hydrogen (secondary N) is 1. The van der Waals surface area contributed by atoms with Crippen LogP contribution < -0.4 is 4.74 Å². The first kappa shape index (κ1) is 23.8. The Morgan fingerprint density at radius 3 is 2.41 bits per heavy atom. The number of fused-ring (bicyclic) bond motifs is 3. The maximum atomic E-state index is 12.0. The normalized spacial score (nSPS) is 11.5. The number of nitrogens with zero attached hydrogens (tertiary/aromatic N) is 1. The summed E-state index contributed by atoms with van der Waals surface area (Å²) in [4.78, 5) is 7.44. The minimum absolute atomic E-state index is 0. The van der Waals surface area contributed by atoms with E-state index in [9.17, 15) is 18.1 Å². The predicted molar refractivity (Wildman–Crippen MR) is 135 cm³/mol. The summed E-state index contributed by atoms with van der Waals surface area (Å²) < 4.78 is 39.5. The van der Waals surface area contributed by atoms with Crippen molar-refractivity contribution >= 4 is 55.9 Å². The third kappa shape index (κ3) is 3.95. The molecule has 0 aliphatic heterocycles. The molecular formula is C24H18Cl2N2O5S. The molecule has 0 amide bonds. The molecular weight excluding hydrogens is 499 g/mol. The van der Waals surface area contributed by atoms with Crippen LogP contribution in [0, 0.1) is 0 Å². The number of benzene rings is 4. The number of rotatable bonds is 4. The summed E-state index contributed by atoms with van der Waals surface area (Å²) in [6, 6.07) is 18.7. The fourth-order valence-electron chi connectivity index (χ4n) is 4.05. The molecule has 34 heavy (non-hydrogen) atoms. The van der Waals surface area contributed by atoms with Crippen LogP contribution in [-0.4, -0.2) is 35.2 Å². The lowest BCUT2D eigenvalue weighted by Gasteiger charge is -2.12. The van der Waals surface area contributed by atoms with Crippen molar-refractivity contribution < 1.29 is 22.8 Å². The average Bonchev–Trinajstić information content (AvgIpc) is 3.21. The molecule has 1 aromatic heterocycles. The number of methoxy groups -OCH3 is 1. The highest BCUT2D eigenvalue weighted by Crippen LogP contribution is 2.41. The minimum Gasteiger partial charge on any atom is -0.507 e. The zero-order valence-corrected chi connectivity index (χ0v) is 20.0. The third-order valence-corrected chi connectivity index (χ3v) is 6.57. The van der Waals surface area contributed by atoms with Crippen molar-refractivity contribution in [3.8, 4) is 34.0 Å². The number of aromatic nitrogens is 2. The molecule has 0 atom stereocenters. The summed E-state index contributed by atoms with van der Waals surface area (Å²) in [5.74, 6) is 0.797. The van der Waals surface area contributed by atoms with E-state index in [2.05, 4.69) is 9.97 Å². The van der Waals surface area contributed by atoms with Crippen molar-refractivity contribution in [2.24, 2.45) is 0 Å². The Morgan fingerprint density at radius 2 is 1.71 bits per heavy atom. The smallest absolute Gasteiger partial charge is 0.295 e. The molecule has 0 aliphatic rings. The molecule has 10 heteroatoms. The van der Waals surface area contributed by atoms with Crippen molar-refractivity contribution in [1.29, 1.82) is 0 Å². The van der Waals surface area contributed by atoms with Gasteiger partial charge in [-0.2, -0.15) is 8.42 Å². The number of halogens is 2. The van der Waals surface area contributed by atoms with Gasteiger partial charge >= 0.3 is 0 Å². The second-order valence-corrected chi connectivity index (χ2v) is 9.25. The van der Waals surface area contributed by atoms with E-state index < -0.39 is 10.1 Å². The lowest BCUT2D eigenvalue weighted by Crippen LogP contribution is -1.99. The summed E-state index contributed by atoms with van der Waals surface area (Å²) in [6.07, 6.45) is 0. The van der Waals surface area contributed by atoms with E-state index in [4.69, 9.17) is 16.3 Å². The highest BCUT2D eigenvalue weighted by Gasteiger charge is 2.22. The van der Waals surface area contributed by atoms with Crippen LogP contribution in [0.15, 0.2) is 71.6 Å². The zero-order chi connectivity index (χ0) is 23.3. The fraction of sp³-hybridized carbons (Fsp3) is 0.0417. The molecule has 0 radical (unpaired) electrons. The SMILES string of the molecule is COc1c(-c2cccc(Cl)c2)cccc1-c1nc2c(cc(S(=O)(=O)O)c3cccc(O)c32)[nH]1.Cl. The first-order valence-corrected chi connectivity index (χ1v) is 11.6. The van der Waals surface area contributed by atoms with Gasteiger partial charge in [0.15, 0.2) is 0 Å². The molecule has 0 aliphatic carbocycles. The summed E-state index contributed by atoms with van der Waals surface area (Å²) in [5.41, 5.74) is 2.98. The molecule has 5 aromatic rings. The Bertz CT molecular complexity index is 1670. The van der Waals surface area contributed by atoms with Crippen LogP contribution in [0.1, 0.15) is 0 Å². The maximum absolute atomic E-state index is 12.0. The summed E-state index contributed by atoms with van der Waals surface area (Å²) >= 11 is 6.17. The minimum atomic E-state index is -4.55. The van der Waals surface area contributed by atoms with Crippen LogP contribution in [0.5, 0.6) is 11.5 Å². The molecule has 0 unspecified atom stereocenters. The van der Waals surface area contributed by atoms with Gasteiger partial charge in [-0.1, -0.05) is 48.0 Å². The topological polar surface area (TPSA) is 113 Å². The van der Waals surface area contributed by atoms with E-state index in [0.717, 1.165) is 11.1 Å². The quantitative estimate of drug-likeness (QED) is 0.249. The molecule has 0 fully saturated rings. The van der Waals surface area contributed by atoms with E-state index in [0.29, 0.717) is 33.2 Å². The van der Waals surface area contributed by atoms with Gasteiger partial charge in [0, 0.05) is 16.0 Å². The first-order chi connectivity index (χ1) is 15.8. The van der Waals surface area contributed by atoms with E-state index >= 15 is 0 Å². The standard InChI is InChI=1S/C24H17ClN2O5S.ClH/c1-32-23-15(13-5-2-6-14(25)11-13)7-3-9-17(23)24-26-18-12-20(33(29,30)31)16-8-4-10-19(28)21(16)22(18)27-24;/h2-12,28H,1H3,(H,26,27)(H,29,30,31);1H. The van der Waals surface area contributed by atoms with Gasteiger partial charge in [0.25, 0.3) is 10.1 Å². The van der Waals surface area contributed by atoms with Gasteiger partial charge in [-0.25, -0.2) is 4.98 Å². The number of phenolic OH excluding ortho intramolecular Hbond substituents is 1. The van der Waals surface area contributed by atoms with Gasteiger partial charge < -0.3 is 14.8 Å². The molecule has 7 nitrogen and oxygen atoms in total. The Morgan fingerprint density at radius 1 is 1.00 bits per heavy atom. The lowest BCUT2D eigenvalue weighted by atomic mass is 10.0. The number of H-pyrrole nitrogens is 1. The number of ether oxygens (including phenoxy) is 1. The van der Waals surface area contributed by atoms with Gasteiger partial charge in [0.1, 0.15) is 27.7 Å². The van der Waals surface area contributed by atoms with Gasteiger partial charge in [0.05, 0.1) is 23.6 Å². The number of aromatic hydroxyl groups is 1. The van der Waals surface area contributed by atoms with E-state index in [1.165, 1.54) is 24.3 Å². The van der Waals surface area contributed by atoms with Crippen molar-refractivity contribution in [3.63, 3.8) is 0 Å². The van der Waals surface area contributed by atoms with Crippen LogP contribution in [0.25, 0.3) is 44.3 Å². The third-order valence-electron chi connectivity index (χ3n) is 5.44. The number of hydrogen-bond donors (Lipinski definition) is 3. The number of phenols is 1. The van der Waals surface area contributed by atoms with E-state index in [1.54, 1.807) is 13.2 Å². The van der Waals surface area contributed by atoms with Crippen molar-refractivity contribution in [2.45, 2.75) is 4.90 Å². The summed E-state index contributed by atoms with van der Waals surface area (Å²) in [6.45, 7) is 0. The van der Waals surface area contributed by atoms with Crippen LogP contribution in [0.3, 0.4) is 0 Å². The summed E-state index contributed by atoms with van der Waals surface area (Å²) in [5, 5.41) is 11.5. The first-order valence-electron chi connectivity index (χ1n) is 9.83. The van der Waals surface area contributed by atoms with Gasteiger partial charge in [0.2, 0.25) is 0 Å². The Labute approximate surface area is 206 Å². The van der Waals surface area contributed by atoms with Crippen LogP contribution in [0.4, 0.5) is 0 Å².